The predicted molar refractivity (Wildman–Crippen MR) is 251 cm³/mol. The minimum absolute atomic E-state index is 0.0858. The molecule has 13 nitrogen and oxygen atoms in total. The van der Waals surface area contributed by atoms with Crippen molar-refractivity contribution >= 4 is 39.9 Å². The zero-order valence-electron chi connectivity index (χ0n) is 39.5. The van der Waals surface area contributed by atoms with Crippen LogP contribution in [0.15, 0.2) is 69.6 Å². The monoisotopic (exact) mass is 1080 g/mol. The first kappa shape index (κ1) is 51.4. The third kappa shape index (κ3) is 10.6. The fraction of sp³-hybridized carbons (Fsp3) is 0.449. The lowest BCUT2D eigenvalue weighted by Gasteiger charge is -2.41. The molecule has 0 radical (unpaired) electrons. The van der Waals surface area contributed by atoms with Crippen molar-refractivity contribution in [3.05, 3.63) is 138 Å². The number of rotatable bonds is 14. The predicted octanol–water partition coefficient (Wildman–Crippen LogP) is 10.7. The van der Waals surface area contributed by atoms with Gasteiger partial charge in [-0.1, -0.05) is 22.4 Å². The highest BCUT2D eigenvalue weighted by Gasteiger charge is 2.43. The van der Waals surface area contributed by atoms with Gasteiger partial charge in [-0.3, -0.25) is 24.0 Å². The molecule has 10 rings (SSSR count). The first-order valence-corrected chi connectivity index (χ1v) is 25.5. The van der Waals surface area contributed by atoms with Crippen molar-refractivity contribution in [3.8, 4) is 0 Å². The van der Waals surface area contributed by atoms with Crippen LogP contribution in [0.25, 0.3) is 0 Å². The van der Waals surface area contributed by atoms with Crippen LogP contribution in [0.3, 0.4) is 0 Å². The van der Waals surface area contributed by atoms with E-state index in [1.165, 1.54) is 48.7 Å². The van der Waals surface area contributed by atoms with Gasteiger partial charge in [-0.15, -0.1) is 22.7 Å². The fourth-order valence-electron chi connectivity index (χ4n) is 10.1. The van der Waals surface area contributed by atoms with Gasteiger partial charge in [0.1, 0.15) is 34.7 Å². The van der Waals surface area contributed by atoms with Crippen LogP contribution in [0.4, 0.5) is 43.9 Å². The lowest BCUT2D eigenvalue weighted by Crippen LogP contribution is -2.57. The highest BCUT2D eigenvalue weighted by atomic mass is 32.1. The van der Waals surface area contributed by atoms with E-state index in [9.17, 15) is 43.9 Å². The van der Waals surface area contributed by atoms with E-state index in [0.717, 1.165) is 55.8 Å². The molecular weight excluding hydrogens is 1030 g/mol. The number of likely N-dealkylation sites (tertiary alicyclic amines) is 2. The summed E-state index contributed by atoms with van der Waals surface area (Å²) in [5, 5.41) is 21.0. The molecule has 2 aromatic carbocycles. The van der Waals surface area contributed by atoms with Gasteiger partial charge >= 0.3 is 12.4 Å². The molecular formula is C49H46F10N10O3S2. The Morgan fingerprint density at radius 2 is 0.986 bits per heavy atom. The largest absolute Gasteiger partial charge is 0.435 e. The number of piperidine rings is 2. The Morgan fingerprint density at radius 1 is 0.622 bits per heavy atom. The standard InChI is InChI=1S/C49H46F10N10O3S2/c1-25-17-41(48(54,55)56)62-68(25)21-37(66-13-9-27(10-14-66)46-60-35(23-73-46)33-19-39(71-64-33)43-29(50)5-3-6-30(43)51)45(70)38(22-69-26(2)18-42(63-69)49(57,58)59)67-15-11-28(12-16-67)47-61-36(24-74-47)34-20-40(72-65-34)44-31(52)7-4-8-32(44)53/h3-8,17-18,23-24,27-28,37-40H,9-16,19-22H2,1-2H3. The molecule has 4 atom stereocenters. The molecule has 4 aromatic heterocycles. The highest BCUT2D eigenvalue weighted by molar-refractivity contribution is 7.10. The number of Topliss-reactive ketones (excluding diaryl/α,β-unsaturated/α-hetero) is 1. The Kier molecular flexibility index (Phi) is 14.3. The summed E-state index contributed by atoms with van der Waals surface area (Å²) in [6.45, 7) is 3.54. The molecule has 6 aromatic rings. The minimum Gasteiger partial charge on any atom is -0.387 e. The average Bonchev–Trinajstić information content (AvgIpc) is 4.23. The topological polar surface area (TPSA) is 128 Å². The lowest BCUT2D eigenvalue weighted by molar-refractivity contribution is -0.142. The van der Waals surface area contributed by atoms with Crippen molar-refractivity contribution in [2.45, 2.75) is 114 Å². The van der Waals surface area contributed by atoms with Crippen LogP contribution in [0.1, 0.15) is 118 Å². The smallest absolute Gasteiger partial charge is 0.387 e. The van der Waals surface area contributed by atoms with Gasteiger partial charge in [-0.05, 0) is 102 Å². The summed E-state index contributed by atoms with van der Waals surface area (Å²) in [5.74, 6) is -3.66. The number of ketones is 1. The first-order valence-electron chi connectivity index (χ1n) is 23.8. The van der Waals surface area contributed by atoms with Gasteiger partial charge in [-0.25, -0.2) is 27.5 Å². The zero-order valence-corrected chi connectivity index (χ0v) is 41.1. The SMILES string of the molecule is Cc1cc(C(F)(F)F)nn1CC(C(=O)C(Cn1nc(C(F)(F)F)cc1C)N1CCC(c2nc(C3=NOC(c4c(F)cccc4F)C3)cs2)CC1)N1CCC(c2nc(C3=NOC(c4c(F)cccc4F)C3)cs2)CC1. The Bertz CT molecular complexity index is 2850. The molecule has 4 aliphatic rings. The van der Waals surface area contributed by atoms with Crippen LogP contribution in [0, 0.1) is 37.1 Å². The fourth-order valence-corrected chi connectivity index (χ4v) is 12.1. The normalized spacial score (nSPS) is 20.4. The number of oxime groups is 2. The van der Waals surface area contributed by atoms with Crippen molar-refractivity contribution in [2.24, 2.45) is 10.3 Å². The van der Waals surface area contributed by atoms with Crippen LogP contribution in [-0.4, -0.2) is 94.8 Å². The van der Waals surface area contributed by atoms with E-state index in [2.05, 4.69) is 20.5 Å². The third-order valence-corrected chi connectivity index (χ3v) is 16.2. The molecule has 0 spiro atoms. The molecule has 0 bridgehead atoms. The van der Waals surface area contributed by atoms with Gasteiger partial charge in [0, 0.05) is 46.8 Å². The summed E-state index contributed by atoms with van der Waals surface area (Å²) in [7, 11) is 0. The Balaban J connectivity index is 0.875. The average molecular weight is 1080 g/mol. The number of hydrogen-bond acceptors (Lipinski definition) is 13. The van der Waals surface area contributed by atoms with Crippen LogP contribution in [0.2, 0.25) is 0 Å². The van der Waals surface area contributed by atoms with Gasteiger partial charge in [0.2, 0.25) is 0 Å². The van der Waals surface area contributed by atoms with Crippen molar-refractivity contribution < 1.29 is 58.4 Å². The van der Waals surface area contributed by atoms with Crippen molar-refractivity contribution in [1.82, 2.24) is 39.3 Å². The van der Waals surface area contributed by atoms with Gasteiger partial charge in [0.25, 0.3) is 0 Å². The van der Waals surface area contributed by atoms with Gasteiger partial charge < -0.3 is 9.68 Å². The summed E-state index contributed by atoms with van der Waals surface area (Å²) in [6.07, 6.45) is -9.41. The second kappa shape index (κ2) is 20.6. The number of carbonyl (C=O) groups excluding carboxylic acids is 1. The number of nitrogens with zero attached hydrogens (tertiary/aromatic N) is 10. The van der Waals surface area contributed by atoms with Crippen LogP contribution in [-0.2, 0) is 39.9 Å². The summed E-state index contributed by atoms with van der Waals surface area (Å²) >= 11 is 2.74. The second-order valence-electron chi connectivity index (χ2n) is 18.8. The quantitative estimate of drug-likeness (QED) is 0.0980. The minimum atomic E-state index is -4.77. The molecule has 0 aliphatic carbocycles. The molecule has 0 saturated carbocycles. The summed E-state index contributed by atoms with van der Waals surface area (Å²) in [4.78, 5) is 39.7. The molecule has 2 saturated heterocycles. The Hall–Kier alpha value is -6.05. The molecule has 0 amide bonds. The van der Waals surface area contributed by atoms with Crippen LogP contribution >= 0.6 is 22.7 Å². The molecule has 74 heavy (non-hydrogen) atoms. The molecule has 25 heteroatoms. The van der Waals surface area contributed by atoms with Crippen molar-refractivity contribution in [1.29, 1.82) is 0 Å². The summed E-state index contributed by atoms with van der Waals surface area (Å²) in [6, 6.07) is 6.71. The summed E-state index contributed by atoms with van der Waals surface area (Å²) < 4.78 is 145. The number of halogens is 10. The Morgan fingerprint density at radius 3 is 1.32 bits per heavy atom. The molecule has 392 valence electrons. The maximum absolute atomic E-state index is 15.5. The van der Waals surface area contributed by atoms with Gasteiger partial charge in [0.05, 0.1) is 57.7 Å². The van der Waals surface area contributed by atoms with E-state index in [-0.39, 0.29) is 60.3 Å². The first-order chi connectivity index (χ1) is 35.3. The number of carbonyl (C=O) groups is 1. The number of hydrogen-bond donors (Lipinski definition) is 0. The lowest BCUT2D eigenvalue weighted by atomic mass is 9.91. The van der Waals surface area contributed by atoms with Gasteiger partial charge in [0.15, 0.2) is 29.4 Å². The van der Waals surface area contributed by atoms with E-state index < -0.39 is 77.1 Å². The van der Waals surface area contributed by atoms with Crippen LogP contribution in [0.5, 0.6) is 0 Å². The van der Waals surface area contributed by atoms with Crippen molar-refractivity contribution in [2.75, 3.05) is 26.2 Å². The van der Waals surface area contributed by atoms with E-state index in [0.29, 0.717) is 74.7 Å². The second-order valence-corrected chi connectivity index (χ2v) is 20.6. The number of benzene rings is 2. The third-order valence-electron chi connectivity index (χ3n) is 14.1. The van der Waals surface area contributed by atoms with Gasteiger partial charge in [-0.2, -0.15) is 36.5 Å². The van der Waals surface area contributed by atoms with E-state index in [4.69, 9.17) is 19.6 Å². The number of alkyl halides is 6. The molecule has 2 fully saturated rings. The number of aromatic nitrogens is 6. The van der Waals surface area contributed by atoms with E-state index in [1.807, 2.05) is 9.80 Å². The highest BCUT2D eigenvalue weighted by Crippen LogP contribution is 2.39. The molecule has 4 aliphatic heterocycles. The molecule has 8 heterocycles. The summed E-state index contributed by atoms with van der Waals surface area (Å²) in [5.41, 5.74) is -0.604. The zero-order chi connectivity index (χ0) is 52.2. The Labute approximate surface area is 424 Å². The molecule has 4 unspecified atom stereocenters. The number of aryl methyl sites for hydroxylation is 2. The number of thiazole rings is 2. The maximum Gasteiger partial charge on any atom is 0.435 e. The van der Waals surface area contributed by atoms with E-state index in [1.54, 1.807) is 10.8 Å². The van der Waals surface area contributed by atoms with Crippen LogP contribution < -0.4 is 0 Å². The maximum atomic E-state index is 15.5. The van der Waals surface area contributed by atoms with Crippen molar-refractivity contribution in [3.63, 3.8) is 0 Å². The van der Waals surface area contributed by atoms with E-state index >= 15 is 4.79 Å². The molecule has 0 N–H and O–H groups in total.